The zero-order chi connectivity index (χ0) is 12.8. The van der Waals surface area contributed by atoms with E-state index in [9.17, 15) is 9.90 Å². The lowest BCUT2D eigenvalue weighted by Crippen LogP contribution is -2.22. The van der Waals surface area contributed by atoms with Crippen LogP contribution in [0.4, 0.5) is 10.5 Å². The zero-order valence-corrected chi connectivity index (χ0v) is 10.1. The van der Waals surface area contributed by atoms with E-state index >= 15 is 0 Å². The summed E-state index contributed by atoms with van der Waals surface area (Å²) < 4.78 is 1.22. The van der Waals surface area contributed by atoms with Crippen LogP contribution in [-0.4, -0.2) is 20.8 Å². The summed E-state index contributed by atoms with van der Waals surface area (Å²) in [5.41, 5.74) is 7.08. The van der Waals surface area contributed by atoms with E-state index in [0.717, 1.165) is 0 Å². The van der Waals surface area contributed by atoms with Gasteiger partial charge in [-0.3, -0.25) is 0 Å². The summed E-state index contributed by atoms with van der Waals surface area (Å²) in [4.78, 5) is 15.7. The van der Waals surface area contributed by atoms with Crippen LogP contribution in [0.25, 0.3) is 11.0 Å². The summed E-state index contributed by atoms with van der Waals surface area (Å²) in [6.07, 6.45) is -1.03. The minimum atomic E-state index is -1.03. The van der Waals surface area contributed by atoms with Crippen LogP contribution < -0.4 is 5.73 Å². The average molecular weight is 233 g/mol. The Morgan fingerprint density at radius 1 is 1.41 bits per heavy atom. The molecule has 0 fully saturated rings. The molecule has 0 aliphatic carbocycles. The first-order valence-corrected chi connectivity index (χ1v) is 5.32. The molecule has 1 aromatic heterocycles. The Kier molecular flexibility index (Phi) is 2.34. The quantitative estimate of drug-likeness (QED) is 0.685. The molecule has 1 heterocycles. The van der Waals surface area contributed by atoms with Crippen molar-refractivity contribution in [3.8, 4) is 0 Å². The van der Waals surface area contributed by atoms with Gasteiger partial charge < -0.3 is 10.8 Å². The number of hydrogen-bond acceptors (Lipinski definition) is 3. The van der Waals surface area contributed by atoms with Crippen molar-refractivity contribution in [1.82, 2.24) is 9.55 Å². The predicted octanol–water partition coefficient (Wildman–Crippen LogP) is 2.44. The molecular formula is C12H15N3O2. The van der Waals surface area contributed by atoms with E-state index in [1.807, 2.05) is 20.8 Å². The lowest BCUT2D eigenvalue weighted by Gasteiger charge is -2.17. The highest BCUT2D eigenvalue weighted by Gasteiger charge is 2.25. The molecule has 5 heteroatoms. The van der Waals surface area contributed by atoms with Crippen LogP contribution in [-0.2, 0) is 5.41 Å². The van der Waals surface area contributed by atoms with Crippen molar-refractivity contribution < 1.29 is 9.90 Å². The van der Waals surface area contributed by atoms with Crippen molar-refractivity contribution in [2.45, 2.75) is 26.2 Å². The fourth-order valence-corrected chi connectivity index (χ4v) is 1.79. The van der Waals surface area contributed by atoms with E-state index in [1.165, 1.54) is 4.57 Å². The van der Waals surface area contributed by atoms with Crippen LogP contribution in [0, 0.1) is 0 Å². The first kappa shape index (κ1) is 11.4. The van der Waals surface area contributed by atoms with Gasteiger partial charge in [-0.25, -0.2) is 14.3 Å². The summed E-state index contributed by atoms with van der Waals surface area (Å²) in [5.74, 6) is 0.519. The lowest BCUT2D eigenvalue weighted by atomic mass is 9.96. The first-order valence-electron chi connectivity index (χ1n) is 5.32. The molecule has 0 spiro atoms. The smallest absolute Gasteiger partial charge is 0.417 e. The molecule has 2 rings (SSSR count). The number of nitrogen functional groups attached to an aromatic ring is 1. The summed E-state index contributed by atoms with van der Waals surface area (Å²) in [7, 11) is 0. The van der Waals surface area contributed by atoms with Gasteiger partial charge in [-0.05, 0) is 18.2 Å². The van der Waals surface area contributed by atoms with E-state index in [4.69, 9.17) is 5.73 Å². The molecule has 0 atom stereocenters. The second kappa shape index (κ2) is 3.48. The Balaban J connectivity index is 2.84. The molecule has 0 bridgehead atoms. The SMILES string of the molecule is CC(C)(C)c1nc2cc(N)ccc2n1C(=O)O. The highest BCUT2D eigenvalue weighted by molar-refractivity contribution is 5.88. The van der Waals surface area contributed by atoms with E-state index in [2.05, 4.69) is 4.98 Å². The normalized spacial score (nSPS) is 11.9. The topological polar surface area (TPSA) is 81.1 Å². The summed E-state index contributed by atoms with van der Waals surface area (Å²) in [6.45, 7) is 5.78. The van der Waals surface area contributed by atoms with Gasteiger partial charge in [0.05, 0.1) is 11.0 Å². The second-order valence-electron chi connectivity index (χ2n) is 5.05. The fraction of sp³-hybridized carbons (Fsp3) is 0.333. The number of anilines is 1. The van der Waals surface area contributed by atoms with Crippen molar-refractivity contribution in [3.63, 3.8) is 0 Å². The minimum absolute atomic E-state index is 0.341. The summed E-state index contributed by atoms with van der Waals surface area (Å²) >= 11 is 0. The van der Waals surface area contributed by atoms with E-state index in [0.29, 0.717) is 22.5 Å². The number of fused-ring (bicyclic) bond motifs is 1. The van der Waals surface area contributed by atoms with E-state index in [1.54, 1.807) is 18.2 Å². The molecule has 0 unspecified atom stereocenters. The standard InChI is InChI=1S/C12H15N3O2/c1-12(2,3)10-14-8-6-7(13)4-5-9(8)15(10)11(16)17/h4-6H,13H2,1-3H3,(H,16,17). The van der Waals surface area contributed by atoms with Gasteiger partial charge in [-0.1, -0.05) is 20.8 Å². The van der Waals surface area contributed by atoms with Crippen LogP contribution in [0.3, 0.4) is 0 Å². The van der Waals surface area contributed by atoms with E-state index in [-0.39, 0.29) is 5.41 Å². The maximum atomic E-state index is 11.3. The van der Waals surface area contributed by atoms with Gasteiger partial charge in [-0.2, -0.15) is 0 Å². The number of carboxylic acid groups (broad SMARTS) is 1. The number of rotatable bonds is 0. The maximum absolute atomic E-state index is 11.3. The Morgan fingerprint density at radius 3 is 2.59 bits per heavy atom. The third-order valence-electron chi connectivity index (χ3n) is 2.54. The number of nitrogens with zero attached hydrogens (tertiary/aromatic N) is 2. The Morgan fingerprint density at radius 2 is 2.06 bits per heavy atom. The van der Waals surface area contributed by atoms with Crippen LogP contribution >= 0.6 is 0 Å². The van der Waals surface area contributed by atoms with Crippen LogP contribution in [0.15, 0.2) is 18.2 Å². The fourth-order valence-electron chi connectivity index (χ4n) is 1.79. The summed E-state index contributed by atoms with van der Waals surface area (Å²) in [5, 5.41) is 9.28. The van der Waals surface area contributed by atoms with Crippen LogP contribution in [0.1, 0.15) is 26.6 Å². The molecule has 0 amide bonds. The molecule has 5 nitrogen and oxygen atoms in total. The third-order valence-corrected chi connectivity index (χ3v) is 2.54. The van der Waals surface area contributed by atoms with Gasteiger partial charge in [0.25, 0.3) is 0 Å². The third kappa shape index (κ3) is 1.84. The van der Waals surface area contributed by atoms with E-state index < -0.39 is 6.09 Å². The Hall–Kier alpha value is -2.04. The van der Waals surface area contributed by atoms with Crippen molar-refractivity contribution in [2.75, 3.05) is 5.73 Å². The molecule has 0 radical (unpaired) electrons. The molecule has 0 aliphatic heterocycles. The number of benzene rings is 1. The van der Waals surface area contributed by atoms with Crippen LogP contribution in [0.2, 0.25) is 0 Å². The van der Waals surface area contributed by atoms with Gasteiger partial charge in [0.2, 0.25) is 0 Å². The molecular weight excluding hydrogens is 218 g/mol. The van der Waals surface area contributed by atoms with Crippen LogP contribution in [0.5, 0.6) is 0 Å². The Bertz CT molecular complexity index is 594. The second-order valence-corrected chi connectivity index (χ2v) is 5.05. The lowest BCUT2D eigenvalue weighted by molar-refractivity contribution is 0.195. The molecule has 90 valence electrons. The van der Waals surface area contributed by atoms with Gasteiger partial charge in [0, 0.05) is 11.1 Å². The highest BCUT2D eigenvalue weighted by Crippen LogP contribution is 2.27. The number of carbonyl (C=O) groups is 1. The highest BCUT2D eigenvalue weighted by atomic mass is 16.4. The van der Waals surface area contributed by atoms with Crippen molar-refractivity contribution in [2.24, 2.45) is 0 Å². The Labute approximate surface area is 98.9 Å². The predicted molar refractivity (Wildman–Crippen MR) is 66.3 cm³/mol. The summed E-state index contributed by atoms with van der Waals surface area (Å²) in [6, 6.07) is 5.04. The number of hydrogen-bond donors (Lipinski definition) is 2. The van der Waals surface area contributed by atoms with Crippen molar-refractivity contribution in [3.05, 3.63) is 24.0 Å². The first-order chi connectivity index (χ1) is 7.80. The zero-order valence-electron chi connectivity index (χ0n) is 10.1. The van der Waals surface area contributed by atoms with Gasteiger partial charge >= 0.3 is 6.09 Å². The molecule has 0 aliphatic rings. The average Bonchev–Trinajstić information content (AvgIpc) is 2.55. The largest absolute Gasteiger partial charge is 0.464 e. The minimum Gasteiger partial charge on any atom is -0.464 e. The molecule has 0 saturated heterocycles. The number of nitrogens with two attached hydrogens (primary N) is 1. The van der Waals surface area contributed by atoms with Gasteiger partial charge in [0.1, 0.15) is 5.82 Å². The van der Waals surface area contributed by atoms with Crippen molar-refractivity contribution in [1.29, 1.82) is 0 Å². The molecule has 1 aromatic carbocycles. The molecule has 17 heavy (non-hydrogen) atoms. The molecule has 0 saturated carbocycles. The van der Waals surface area contributed by atoms with Gasteiger partial charge in [-0.15, -0.1) is 0 Å². The monoisotopic (exact) mass is 233 g/mol. The molecule has 2 aromatic rings. The number of aromatic nitrogens is 2. The van der Waals surface area contributed by atoms with Crippen molar-refractivity contribution >= 4 is 22.8 Å². The maximum Gasteiger partial charge on any atom is 0.417 e. The molecule has 3 N–H and O–H groups in total. The number of imidazole rings is 1. The van der Waals surface area contributed by atoms with Gasteiger partial charge in [0.15, 0.2) is 0 Å².